The van der Waals surface area contributed by atoms with Crippen molar-refractivity contribution in [3.05, 3.63) is 0 Å². The Hall–Kier alpha value is -0.0800. The number of hydrogen-bond acceptors (Lipinski definition) is 2. The minimum Gasteiger partial charge on any atom is -0.382 e. The summed E-state index contributed by atoms with van der Waals surface area (Å²) in [6, 6.07) is 0.664. The van der Waals surface area contributed by atoms with E-state index in [9.17, 15) is 0 Å². The zero-order valence-electron chi connectivity index (χ0n) is 8.73. The minimum absolute atomic E-state index is 0.664. The molecule has 0 radical (unpaired) electrons. The fourth-order valence-corrected chi connectivity index (χ4v) is 1.12. The molecule has 1 unspecified atom stereocenters. The molecule has 0 fully saturated rings. The third-order valence-corrected chi connectivity index (χ3v) is 2.12. The van der Waals surface area contributed by atoms with Gasteiger partial charge in [-0.2, -0.15) is 0 Å². The van der Waals surface area contributed by atoms with Gasteiger partial charge in [-0.25, -0.2) is 0 Å². The van der Waals surface area contributed by atoms with Crippen molar-refractivity contribution in [2.24, 2.45) is 0 Å². The summed E-state index contributed by atoms with van der Waals surface area (Å²) in [5.41, 5.74) is 0. The lowest BCUT2D eigenvalue weighted by Gasteiger charge is -2.08. The number of nitrogens with one attached hydrogen (secondary N) is 1. The van der Waals surface area contributed by atoms with E-state index in [-0.39, 0.29) is 0 Å². The average Bonchev–Trinajstić information content (AvgIpc) is 2.10. The first-order chi connectivity index (χ1) is 5.81. The van der Waals surface area contributed by atoms with Gasteiger partial charge in [0.1, 0.15) is 0 Å². The zero-order chi connectivity index (χ0) is 9.23. The molecule has 1 atom stereocenters. The van der Waals surface area contributed by atoms with E-state index in [0.29, 0.717) is 6.04 Å². The van der Waals surface area contributed by atoms with E-state index in [0.717, 1.165) is 13.2 Å². The van der Waals surface area contributed by atoms with Crippen molar-refractivity contribution in [1.29, 1.82) is 0 Å². The molecule has 0 spiro atoms. The van der Waals surface area contributed by atoms with E-state index < -0.39 is 0 Å². The smallest absolute Gasteiger partial charge is 0.0465 e. The third kappa shape index (κ3) is 8.02. The van der Waals surface area contributed by atoms with Crippen LogP contribution in [0.15, 0.2) is 0 Å². The molecular formula is C10H23NO. The summed E-state index contributed by atoms with van der Waals surface area (Å²) in [7, 11) is 2.02. The molecule has 0 aliphatic carbocycles. The van der Waals surface area contributed by atoms with Crippen LogP contribution in [-0.2, 0) is 4.74 Å². The van der Waals surface area contributed by atoms with Gasteiger partial charge in [-0.1, -0.05) is 12.8 Å². The summed E-state index contributed by atoms with van der Waals surface area (Å²) in [6.45, 7) is 6.06. The molecule has 0 aromatic rings. The Morgan fingerprint density at radius 1 is 1.25 bits per heavy atom. The highest BCUT2D eigenvalue weighted by Gasteiger charge is 1.96. The summed E-state index contributed by atoms with van der Waals surface area (Å²) in [5, 5.41) is 3.24. The fourth-order valence-electron chi connectivity index (χ4n) is 1.12. The summed E-state index contributed by atoms with van der Waals surface area (Å²) in [5.74, 6) is 0. The molecule has 2 heteroatoms. The highest BCUT2D eigenvalue weighted by molar-refractivity contribution is 4.56. The van der Waals surface area contributed by atoms with Crippen LogP contribution in [0.2, 0.25) is 0 Å². The van der Waals surface area contributed by atoms with Crippen molar-refractivity contribution < 1.29 is 4.74 Å². The molecule has 0 rings (SSSR count). The Balaban J connectivity index is 2.90. The molecule has 0 aliphatic heterocycles. The van der Waals surface area contributed by atoms with Crippen LogP contribution < -0.4 is 5.32 Å². The molecule has 0 saturated heterocycles. The molecule has 0 aliphatic rings. The maximum absolute atomic E-state index is 5.25. The van der Waals surface area contributed by atoms with Gasteiger partial charge in [0, 0.05) is 19.3 Å². The second kappa shape index (κ2) is 9.01. The van der Waals surface area contributed by atoms with Crippen molar-refractivity contribution in [2.75, 3.05) is 20.3 Å². The van der Waals surface area contributed by atoms with E-state index in [1.807, 2.05) is 14.0 Å². The lowest BCUT2D eigenvalue weighted by atomic mass is 10.1. The highest BCUT2D eigenvalue weighted by atomic mass is 16.5. The Bertz CT molecular complexity index is 85.9. The molecule has 0 heterocycles. The number of rotatable bonds is 8. The SMILES string of the molecule is CCOCCCCCC(C)NC. The second-order valence-corrected chi connectivity index (χ2v) is 3.24. The Morgan fingerprint density at radius 3 is 2.58 bits per heavy atom. The first-order valence-corrected chi connectivity index (χ1v) is 5.06. The van der Waals surface area contributed by atoms with Gasteiger partial charge in [0.2, 0.25) is 0 Å². The van der Waals surface area contributed by atoms with Crippen LogP contribution in [0, 0.1) is 0 Å². The van der Waals surface area contributed by atoms with Crippen LogP contribution in [0.3, 0.4) is 0 Å². The summed E-state index contributed by atoms with van der Waals surface area (Å²) in [4.78, 5) is 0. The van der Waals surface area contributed by atoms with E-state index in [2.05, 4.69) is 12.2 Å². The monoisotopic (exact) mass is 173 g/mol. The van der Waals surface area contributed by atoms with Crippen molar-refractivity contribution in [3.8, 4) is 0 Å². The van der Waals surface area contributed by atoms with Gasteiger partial charge in [0.05, 0.1) is 0 Å². The van der Waals surface area contributed by atoms with Gasteiger partial charge in [0.25, 0.3) is 0 Å². The zero-order valence-corrected chi connectivity index (χ0v) is 8.73. The van der Waals surface area contributed by atoms with E-state index in [4.69, 9.17) is 4.74 Å². The fraction of sp³-hybridized carbons (Fsp3) is 1.00. The first kappa shape index (κ1) is 11.9. The molecule has 74 valence electrons. The maximum Gasteiger partial charge on any atom is 0.0465 e. The average molecular weight is 173 g/mol. The standard InChI is InChI=1S/C10H23NO/c1-4-12-9-7-5-6-8-10(2)11-3/h10-11H,4-9H2,1-3H3. The highest BCUT2D eigenvalue weighted by Crippen LogP contribution is 2.02. The predicted molar refractivity (Wildman–Crippen MR) is 53.5 cm³/mol. The van der Waals surface area contributed by atoms with Crippen LogP contribution >= 0.6 is 0 Å². The number of unbranched alkanes of at least 4 members (excludes halogenated alkanes) is 2. The van der Waals surface area contributed by atoms with Crippen LogP contribution in [0.1, 0.15) is 39.5 Å². The van der Waals surface area contributed by atoms with E-state index in [1.54, 1.807) is 0 Å². The van der Waals surface area contributed by atoms with E-state index >= 15 is 0 Å². The van der Waals surface area contributed by atoms with Gasteiger partial charge in [0.15, 0.2) is 0 Å². The molecule has 2 nitrogen and oxygen atoms in total. The molecule has 0 aromatic carbocycles. The van der Waals surface area contributed by atoms with Gasteiger partial charge in [-0.3, -0.25) is 0 Å². The molecule has 12 heavy (non-hydrogen) atoms. The van der Waals surface area contributed by atoms with Gasteiger partial charge >= 0.3 is 0 Å². The topological polar surface area (TPSA) is 21.3 Å². The molecular weight excluding hydrogens is 150 g/mol. The van der Waals surface area contributed by atoms with Gasteiger partial charge in [-0.05, 0) is 33.7 Å². The molecule has 0 saturated carbocycles. The largest absolute Gasteiger partial charge is 0.382 e. The quantitative estimate of drug-likeness (QED) is 0.568. The normalized spacial score (nSPS) is 13.2. The van der Waals surface area contributed by atoms with Gasteiger partial charge in [-0.15, -0.1) is 0 Å². The van der Waals surface area contributed by atoms with Crippen LogP contribution in [-0.4, -0.2) is 26.3 Å². The van der Waals surface area contributed by atoms with Crippen LogP contribution in [0.4, 0.5) is 0 Å². The van der Waals surface area contributed by atoms with E-state index in [1.165, 1.54) is 25.7 Å². The molecule has 0 amide bonds. The number of hydrogen-bond donors (Lipinski definition) is 1. The van der Waals surface area contributed by atoms with Gasteiger partial charge < -0.3 is 10.1 Å². The third-order valence-electron chi connectivity index (χ3n) is 2.12. The van der Waals surface area contributed by atoms with Crippen LogP contribution in [0.25, 0.3) is 0 Å². The number of ether oxygens (including phenoxy) is 1. The summed E-state index contributed by atoms with van der Waals surface area (Å²) in [6.07, 6.45) is 5.11. The lowest BCUT2D eigenvalue weighted by molar-refractivity contribution is 0.142. The van der Waals surface area contributed by atoms with Crippen molar-refractivity contribution in [1.82, 2.24) is 5.32 Å². The first-order valence-electron chi connectivity index (χ1n) is 5.06. The van der Waals surface area contributed by atoms with Crippen molar-refractivity contribution in [2.45, 2.75) is 45.6 Å². The molecule has 1 N–H and O–H groups in total. The lowest BCUT2D eigenvalue weighted by Crippen LogP contribution is -2.20. The van der Waals surface area contributed by atoms with Crippen molar-refractivity contribution in [3.63, 3.8) is 0 Å². The Morgan fingerprint density at radius 2 is 2.00 bits per heavy atom. The maximum atomic E-state index is 5.25. The molecule has 0 bridgehead atoms. The summed E-state index contributed by atoms with van der Waals surface area (Å²) >= 11 is 0. The Kier molecular flexibility index (Phi) is 8.95. The second-order valence-electron chi connectivity index (χ2n) is 3.24. The van der Waals surface area contributed by atoms with Crippen molar-refractivity contribution >= 4 is 0 Å². The minimum atomic E-state index is 0.664. The Labute approximate surface area is 76.7 Å². The molecule has 0 aromatic heterocycles. The predicted octanol–water partition coefficient (Wildman–Crippen LogP) is 2.19. The van der Waals surface area contributed by atoms with Crippen LogP contribution in [0.5, 0.6) is 0 Å². The summed E-state index contributed by atoms with van der Waals surface area (Å²) < 4.78 is 5.25.